The Kier molecular flexibility index (Phi) is 5.48. The summed E-state index contributed by atoms with van der Waals surface area (Å²) < 4.78 is 10.7. The smallest absolute Gasteiger partial charge is 0.415 e. The minimum atomic E-state index is -0.341. The van der Waals surface area contributed by atoms with E-state index in [-0.39, 0.29) is 11.7 Å². The number of hydrogen-bond donors (Lipinski definition) is 1. The van der Waals surface area contributed by atoms with Gasteiger partial charge < -0.3 is 19.4 Å². The second-order valence-corrected chi connectivity index (χ2v) is 7.02. The van der Waals surface area contributed by atoms with Crippen LogP contribution in [0.4, 0.5) is 4.79 Å². The number of nitrogens with one attached hydrogen (secondary N) is 1. The number of piperazine rings is 1. The van der Waals surface area contributed by atoms with Gasteiger partial charge in [-0.15, -0.1) is 0 Å². The Bertz CT molecular complexity index is 1060. The van der Waals surface area contributed by atoms with E-state index in [0.29, 0.717) is 44.0 Å². The molecule has 1 saturated heterocycles. The Morgan fingerprint density at radius 3 is 2.48 bits per heavy atom. The minimum absolute atomic E-state index is 0.0893. The number of hydrogen-bond acceptors (Lipinski definition) is 5. The number of rotatable bonds is 4. The minimum Gasteiger partial charge on any atom is -0.497 e. The molecule has 0 spiro atoms. The molecule has 0 bridgehead atoms. The average Bonchev–Trinajstić information content (AvgIpc) is 2.75. The molecule has 1 N–H and O–H groups in total. The number of H-pyrrole nitrogens is 1. The Balaban J connectivity index is 1.38. The van der Waals surface area contributed by atoms with E-state index in [9.17, 15) is 9.59 Å². The van der Waals surface area contributed by atoms with Gasteiger partial charge in [0.15, 0.2) is 0 Å². The van der Waals surface area contributed by atoms with Crippen molar-refractivity contribution in [1.82, 2.24) is 14.8 Å². The molecule has 0 saturated carbocycles. The Hall–Kier alpha value is -3.32. The molecule has 0 atom stereocenters. The van der Waals surface area contributed by atoms with Crippen LogP contribution in [0.15, 0.2) is 59.4 Å². The molecular weight excluding hydrogens is 370 g/mol. The number of amides is 1. The van der Waals surface area contributed by atoms with Crippen LogP contribution >= 0.6 is 0 Å². The fraction of sp³-hybridized carbons (Fsp3) is 0.273. The van der Waals surface area contributed by atoms with Gasteiger partial charge in [-0.3, -0.25) is 9.69 Å². The van der Waals surface area contributed by atoms with Gasteiger partial charge in [-0.05, 0) is 36.4 Å². The lowest BCUT2D eigenvalue weighted by molar-refractivity contribution is 0.107. The number of benzene rings is 2. The summed E-state index contributed by atoms with van der Waals surface area (Å²) in [4.78, 5) is 31.5. The standard InChI is InChI=1S/C22H23N3O4/c1-28-19-7-8-20-16(14-19)13-17(21(26)23-20)15-24-9-11-25(12-10-24)22(27)29-18-5-3-2-4-6-18/h2-8,13-14H,9-12,15H2,1H3,(H,23,26). The largest absolute Gasteiger partial charge is 0.497 e. The van der Waals surface area contributed by atoms with E-state index in [0.717, 1.165) is 16.7 Å². The lowest BCUT2D eigenvalue weighted by atomic mass is 10.1. The molecular formula is C22H23N3O4. The molecule has 7 heteroatoms. The molecule has 7 nitrogen and oxygen atoms in total. The van der Waals surface area contributed by atoms with E-state index in [4.69, 9.17) is 9.47 Å². The third kappa shape index (κ3) is 4.41. The first-order valence-electron chi connectivity index (χ1n) is 9.56. The quantitative estimate of drug-likeness (QED) is 0.738. The summed E-state index contributed by atoms with van der Waals surface area (Å²) in [5.41, 5.74) is 1.40. The zero-order valence-corrected chi connectivity index (χ0v) is 16.3. The maximum Gasteiger partial charge on any atom is 0.415 e. The second kappa shape index (κ2) is 8.36. The molecule has 150 valence electrons. The van der Waals surface area contributed by atoms with Crippen molar-refractivity contribution in [2.24, 2.45) is 0 Å². The third-order valence-electron chi connectivity index (χ3n) is 5.10. The van der Waals surface area contributed by atoms with E-state index in [1.165, 1.54) is 0 Å². The van der Waals surface area contributed by atoms with Crippen LogP contribution in [0.2, 0.25) is 0 Å². The molecule has 0 unspecified atom stereocenters. The van der Waals surface area contributed by atoms with Crippen LogP contribution in [0.25, 0.3) is 10.9 Å². The maximum absolute atomic E-state index is 12.4. The summed E-state index contributed by atoms with van der Waals surface area (Å²) in [6.45, 7) is 3.01. The Labute approximate surface area is 168 Å². The SMILES string of the molecule is COc1ccc2[nH]c(=O)c(CN3CCN(C(=O)Oc4ccccc4)CC3)cc2c1. The van der Waals surface area contributed by atoms with Gasteiger partial charge in [0.25, 0.3) is 5.56 Å². The topological polar surface area (TPSA) is 74.9 Å². The second-order valence-electron chi connectivity index (χ2n) is 7.02. The van der Waals surface area contributed by atoms with Gasteiger partial charge in [0.2, 0.25) is 0 Å². The lowest BCUT2D eigenvalue weighted by Crippen LogP contribution is -2.49. The van der Waals surface area contributed by atoms with E-state index < -0.39 is 0 Å². The number of ether oxygens (including phenoxy) is 2. The number of carbonyl (C=O) groups excluding carboxylic acids is 1. The zero-order chi connectivity index (χ0) is 20.2. The van der Waals surface area contributed by atoms with Crippen molar-refractivity contribution in [2.45, 2.75) is 6.54 Å². The number of para-hydroxylation sites is 1. The summed E-state index contributed by atoms with van der Waals surface area (Å²) in [6, 6.07) is 16.5. The molecule has 3 aromatic rings. The van der Waals surface area contributed by atoms with Crippen LogP contribution in [0.1, 0.15) is 5.56 Å². The number of aromatic amines is 1. The summed E-state index contributed by atoms with van der Waals surface area (Å²) in [5, 5.41) is 0.934. The molecule has 29 heavy (non-hydrogen) atoms. The molecule has 4 rings (SSSR count). The van der Waals surface area contributed by atoms with E-state index in [1.807, 2.05) is 42.5 Å². The number of fused-ring (bicyclic) bond motifs is 1. The number of aromatic nitrogens is 1. The molecule has 0 aliphatic carbocycles. The number of methoxy groups -OCH3 is 1. The first kappa shape index (κ1) is 19.0. The van der Waals surface area contributed by atoms with Gasteiger partial charge in [-0.2, -0.15) is 0 Å². The number of pyridine rings is 1. The first-order valence-corrected chi connectivity index (χ1v) is 9.56. The summed E-state index contributed by atoms with van der Waals surface area (Å²) in [6.07, 6.45) is -0.341. The van der Waals surface area contributed by atoms with Crippen LogP contribution in [0.3, 0.4) is 0 Å². The van der Waals surface area contributed by atoms with Crippen LogP contribution in [-0.2, 0) is 6.54 Å². The third-order valence-corrected chi connectivity index (χ3v) is 5.10. The predicted molar refractivity (Wildman–Crippen MR) is 110 cm³/mol. The van der Waals surface area contributed by atoms with Crippen LogP contribution < -0.4 is 15.0 Å². The highest BCUT2D eigenvalue weighted by molar-refractivity contribution is 5.80. The molecule has 1 fully saturated rings. The van der Waals surface area contributed by atoms with E-state index in [1.54, 1.807) is 24.1 Å². The van der Waals surface area contributed by atoms with Crippen LogP contribution in [0.5, 0.6) is 11.5 Å². The summed E-state index contributed by atoms with van der Waals surface area (Å²) in [5.74, 6) is 1.29. The van der Waals surface area contributed by atoms with Gasteiger partial charge in [0.05, 0.1) is 7.11 Å². The van der Waals surface area contributed by atoms with Gasteiger partial charge >= 0.3 is 6.09 Å². The highest BCUT2D eigenvalue weighted by Gasteiger charge is 2.23. The highest BCUT2D eigenvalue weighted by atomic mass is 16.6. The first-order chi connectivity index (χ1) is 14.1. The van der Waals surface area contributed by atoms with Gasteiger partial charge in [-0.1, -0.05) is 18.2 Å². The van der Waals surface area contributed by atoms with Crippen molar-refractivity contribution in [2.75, 3.05) is 33.3 Å². The normalized spacial score (nSPS) is 14.7. The molecule has 1 aliphatic heterocycles. The van der Waals surface area contributed by atoms with Gasteiger partial charge in [0.1, 0.15) is 11.5 Å². The monoisotopic (exact) mass is 393 g/mol. The van der Waals surface area contributed by atoms with Crippen molar-refractivity contribution in [3.8, 4) is 11.5 Å². The maximum atomic E-state index is 12.4. The van der Waals surface area contributed by atoms with Crippen molar-refractivity contribution in [3.05, 3.63) is 70.5 Å². The predicted octanol–water partition coefficient (Wildman–Crippen LogP) is 2.85. The lowest BCUT2D eigenvalue weighted by Gasteiger charge is -2.33. The van der Waals surface area contributed by atoms with Crippen molar-refractivity contribution < 1.29 is 14.3 Å². The van der Waals surface area contributed by atoms with Crippen molar-refractivity contribution in [3.63, 3.8) is 0 Å². The van der Waals surface area contributed by atoms with Gasteiger partial charge in [-0.25, -0.2) is 4.79 Å². The highest BCUT2D eigenvalue weighted by Crippen LogP contribution is 2.19. The van der Waals surface area contributed by atoms with Gasteiger partial charge in [0, 0.05) is 49.2 Å². The van der Waals surface area contributed by atoms with Crippen LogP contribution in [0, 0.1) is 0 Å². The molecule has 0 radical (unpaired) electrons. The Morgan fingerprint density at radius 2 is 1.76 bits per heavy atom. The summed E-state index contributed by atoms with van der Waals surface area (Å²) >= 11 is 0. The van der Waals surface area contributed by atoms with Crippen molar-refractivity contribution in [1.29, 1.82) is 0 Å². The zero-order valence-electron chi connectivity index (χ0n) is 16.3. The van der Waals surface area contributed by atoms with Crippen LogP contribution in [-0.4, -0.2) is 54.2 Å². The molecule has 2 aromatic carbocycles. The summed E-state index contributed by atoms with van der Waals surface area (Å²) in [7, 11) is 1.62. The molecule has 1 amide bonds. The van der Waals surface area contributed by atoms with E-state index in [2.05, 4.69) is 9.88 Å². The Morgan fingerprint density at radius 1 is 1.00 bits per heavy atom. The number of nitrogens with zero attached hydrogens (tertiary/aromatic N) is 2. The molecule has 1 aromatic heterocycles. The number of carbonyl (C=O) groups is 1. The fourth-order valence-electron chi connectivity index (χ4n) is 3.46. The van der Waals surface area contributed by atoms with E-state index >= 15 is 0 Å². The fourth-order valence-corrected chi connectivity index (χ4v) is 3.46. The van der Waals surface area contributed by atoms with Crippen molar-refractivity contribution >= 4 is 17.0 Å². The molecule has 2 heterocycles. The average molecular weight is 393 g/mol. The molecule has 1 aliphatic rings.